The summed E-state index contributed by atoms with van der Waals surface area (Å²) in [4.78, 5) is 23.6. The van der Waals surface area contributed by atoms with Crippen LogP contribution in [0.3, 0.4) is 0 Å². The molecule has 0 aromatic carbocycles. The number of nitrogens with zero attached hydrogens (tertiary/aromatic N) is 2. The number of likely N-dealkylation sites (tertiary alicyclic amines) is 1. The summed E-state index contributed by atoms with van der Waals surface area (Å²) in [5.74, 6) is -0.0536. The number of amides is 1. The monoisotopic (exact) mass is 212 g/mol. The molecule has 0 aromatic heterocycles. The summed E-state index contributed by atoms with van der Waals surface area (Å²) in [5.41, 5.74) is 0. The van der Waals surface area contributed by atoms with Crippen molar-refractivity contribution < 1.29 is 9.72 Å². The van der Waals surface area contributed by atoms with Gasteiger partial charge in [0, 0.05) is 11.5 Å². The van der Waals surface area contributed by atoms with Crippen LogP contribution in [-0.4, -0.2) is 34.4 Å². The SMILES string of the molecule is C=CCN1C(=O)C[C@H]([N+](=O)[O-])[C@H]1C(C)C. The van der Waals surface area contributed by atoms with Crippen molar-refractivity contribution in [3.05, 3.63) is 22.8 Å². The third-order valence-corrected chi connectivity index (χ3v) is 2.74. The van der Waals surface area contributed by atoms with E-state index < -0.39 is 6.04 Å². The van der Waals surface area contributed by atoms with Gasteiger partial charge in [-0.05, 0) is 5.92 Å². The van der Waals surface area contributed by atoms with Gasteiger partial charge in [-0.15, -0.1) is 6.58 Å². The average Bonchev–Trinajstić information content (AvgIpc) is 2.45. The zero-order chi connectivity index (χ0) is 11.6. The Kier molecular flexibility index (Phi) is 3.44. The fourth-order valence-electron chi connectivity index (χ4n) is 2.16. The normalized spacial score (nSPS) is 26.1. The lowest BCUT2D eigenvalue weighted by molar-refractivity contribution is -0.525. The largest absolute Gasteiger partial charge is 0.329 e. The van der Waals surface area contributed by atoms with Crippen LogP contribution in [-0.2, 0) is 4.79 Å². The Labute approximate surface area is 88.9 Å². The molecule has 1 heterocycles. The highest BCUT2D eigenvalue weighted by Crippen LogP contribution is 2.27. The van der Waals surface area contributed by atoms with Crippen molar-refractivity contribution in [2.45, 2.75) is 32.4 Å². The molecule has 0 radical (unpaired) electrons. The van der Waals surface area contributed by atoms with Crippen molar-refractivity contribution in [3.63, 3.8) is 0 Å². The van der Waals surface area contributed by atoms with Crippen LogP contribution >= 0.6 is 0 Å². The lowest BCUT2D eigenvalue weighted by Crippen LogP contribution is -2.43. The predicted molar refractivity (Wildman–Crippen MR) is 55.9 cm³/mol. The van der Waals surface area contributed by atoms with Crippen LogP contribution in [0.2, 0.25) is 0 Å². The van der Waals surface area contributed by atoms with Gasteiger partial charge in [0.15, 0.2) is 0 Å². The number of carbonyl (C=O) groups is 1. The van der Waals surface area contributed by atoms with Crippen LogP contribution in [0.15, 0.2) is 12.7 Å². The maximum Gasteiger partial charge on any atom is 0.242 e. The molecular weight excluding hydrogens is 196 g/mol. The highest BCUT2D eigenvalue weighted by Gasteiger charge is 2.47. The minimum Gasteiger partial charge on any atom is -0.329 e. The van der Waals surface area contributed by atoms with Crippen LogP contribution in [0.1, 0.15) is 20.3 Å². The Balaban J connectivity index is 2.92. The molecule has 1 aliphatic rings. The molecule has 0 aliphatic carbocycles. The number of hydrogen-bond acceptors (Lipinski definition) is 3. The van der Waals surface area contributed by atoms with E-state index in [0.717, 1.165) is 0 Å². The van der Waals surface area contributed by atoms with E-state index in [1.54, 1.807) is 11.0 Å². The third-order valence-electron chi connectivity index (χ3n) is 2.74. The first-order valence-electron chi connectivity index (χ1n) is 5.03. The van der Waals surface area contributed by atoms with Gasteiger partial charge in [-0.1, -0.05) is 19.9 Å². The summed E-state index contributed by atoms with van der Waals surface area (Å²) < 4.78 is 0. The molecule has 0 N–H and O–H groups in total. The fourth-order valence-corrected chi connectivity index (χ4v) is 2.16. The number of rotatable bonds is 4. The molecule has 15 heavy (non-hydrogen) atoms. The summed E-state index contributed by atoms with van der Waals surface area (Å²) in [6.07, 6.45) is 1.62. The van der Waals surface area contributed by atoms with Gasteiger partial charge in [-0.25, -0.2) is 0 Å². The molecule has 1 fully saturated rings. The molecule has 0 aromatic rings. The van der Waals surface area contributed by atoms with E-state index >= 15 is 0 Å². The molecule has 84 valence electrons. The lowest BCUT2D eigenvalue weighted by atomic mass is 9.98. The van der Waals surface area contributed by atoms with E-state index in [4.69, 9.17) is 0 Å². The topological polar surface area (TPSA) is 63.5 Å². The van der Waals surface area contributed by atoms with Gasteiger partial charge in [0.25, 0.3) is 0 Å². The summed E-state index contributed by atoms with van der Waals surface area (Å²) in [6, 6.07) is -1.07. The van der Waals surface area contributed by atoms with Crippen molar-refractivity contribution in [1.82, 2.24) is 4.90 Å². The highest BCUT2D eigenvalue weighted by molar-refractivity contribution is 5.80. The number of nitro groups is 1. The summed E-state index contributed by atoms with van der Waals surface area (Å²) in [7, 11) is 0. The van der Waals surface area contributed by atoms with Crippen LogP contribution in [0.5, 0.6) is 0 Å². The molecule has 1 rings (SSSR count). The van der Waals surface area contributed by atoms with E-state index in [2.05, 4.69) is 6.58 Å². The van der Waals surface area contributed by atoms with Crippen molar-refractivity contribution in [2.24, 2.45) is 5.92 Å². The fraction of sp³-hybridized carbons (Fsp3) is 0.700. The second kappa shape index (κ2) is 4.42. The first-order chi connectivity index (χ1) is 6.99. The first-order valence-corrected chi connectivity index (χ1v) is 5.03. The van der Waals surface area contributed by atoms with Crippen molar-refractivity contribution in [1.29, 1.82) is 0 Å². The molecule has 1 saturated heterocycles. The van der Waals surface area contributed by atoms with E-state index in [-0.39, 0.29) is 29.2 Å². The maximum absolute atomic E-state index is 11.6. The van der Waals surface area contributed by atoms with Gasteiger partial charge in [0.05, 0.1) is 6.42 Å². The van der Waals surface area contributed by atoms with Crippen molar-refractivity contribution in [2.75, 3.05) is 6.54 Å². The standard InChI is InChI=1S/C10H16N2O3/c1-4-5-11-9(13)6-8(12(14)15)10(11)7(2)3/h4,7-8,10H,1,5-6H2,2-3H3/t8-,10+/m0/s1. The van der Waals surface area contributed by atoms with E-state index in [0.29, 0.717) is 6.54 Å². The smallest absolute Gasteiger partial charge is 0.242 e. The molecule has 5 heteroatoms. The van der Waals surface area contributed by atoms with Crippen LogP contribution in [0, 0.1) is 16.0 Å². The summed E-state index contributed by atoms with van der Waals surface area (Å²) >= 11 is 0. The van der Waals surface area contributed by atoms with E-state index in [9.17, 15) is 14.9 Å². The number of carbonyl (C=O) groups excluding carboxylic acids is 1. The van der Waals surface area contributed by atoms with E-state index in [1.807, 2.05) is 13.8 Å². The first kappa shape index (κ1) is 11.7. The molecule has 0 unspecified atom stereocenters. The highest BCUT2D eigenvalue weighted by atomic mass is 16.6. The zero-order valence-electron chi connectivity index (χ0n) is 9.05. The second-order valence-corrected chi connectivity index (χ2v) is 4.13. The van der Waals surface area contributed by atoms with Gasteiger partial charge in [-0.3, -0.25) is 14.9 Å². The van der Waals surface area contributed by atoms with Crippen LogP contribution in [0.25, 0.3) is 0 Å². The molecule has 2 atom stereocenters. The molecule has 0 bridgehead atoms. The maximum atomic E-state index is 11.6. The van der Waals surface area contributed by atoms with Crippen molar-refractivity contribution >= 4 is 5.91 Å². The van der Waals surface area contributed by atoms with Gasteiger partial charge in [-0.2, -0.15) is 0 Å². The molecular formula is C10H16N2O3. The molecule has 0 saturated carbocycles. The van der Waals surface area contributed by atoms with Gasteiger partial charge in [0.2, 0.25) is 11.9 Å². The van der Waals surface area contributed by atoms with Gasteiger partial charge in [0.1, 0.15) is 6.04 Å². The van der Waals surface area contributed by atoms with Gasteiger partial charge >= 0.3 is 0 Å². The minimum atomic E-state index is -0.766. The lowest BCUT2D eigenvalue weighted by Gasteiger charge is -2.26. The number of hydrogen-bond donors (Lipinski definition) is 0. The Hall–Kier alpha value is -1.39. The van der Waals surface area contributed by atoms with Crippen LogP contribution in [0.4, 0.5) is 0 Å². The molecule has 5 nitrogen and oxygen atoms in total. The summed E-state index contributed by atoms with van der Waals surface area (Å²) in [6.45, 7) is 7.75. The Bertz CT molecular complexity index is 288. The van der Waals surface area contributed by atoms with Gasteiger partial charge < -0.3 is 4.90 Å². The average molecular weight is 212 g/mol. The second-order valence-electron chi connectivity index (χ2n) is 4.13. The Morgan fingerprint density at radius 1 is 1.73 bits per heavy atom. The molecule has 0 spiro atoms. The zero-order valence-corrected chi connectivity index (χ0v) is 9.05. The summed E-state index contributed by atoms with van der Waals surface area (Å²) in [5, 5.41) is 10.8. The Morgan fingerprint density at radius 2 is 2.33 bits per heavy atom. The minimum absolute atomic E-state index is 0.0175. The molecule has 1 amide bonds. The van der Waals surface area contributed by atoms with Crippen molar-refractivity contribution in [3.8, 4) is 0 Å². The molecule has 1 aliphatic heterocycles. The predicted octanol–water partition coefficient (Wildman–Crippen LogP) is 1.07. The quantitative estimate of drug-likeness (QED) is 0.398. The Morgan fingerprint density at radius 3 is 2.73 bits per heavy atom. The van der Waals surface area contributed by atoms with Crippen LogP contribution < -0.4 is 0 Å². The van der Waals surface area contributed by atoms with E-state index in [1.165, 1.54) is 0 Å². The third kappa shape index (κ3) is 2.16.